The Hall–Kier alpha value is -4.67. The van der Waals surface area contributed by atoms with Crippen molar-refractivity contribution in [3.63, 3.8) is 0 Å². The Bertz CT molecular complexity index is 1470. The zero-order chi connectivity index (χ0) is 26.2. The van der Waals surface area contributed by atoms with Crippen molar-refractivity contribution in [3.8, 4) is 5.75 Å². The summed E-state index contributed by atoms with van der Waals surface area (Å²) in [7, 11) is 1.59. The lowest BCUT2D eigenvalue weighted by Gasteiger charge is -2.44. The van der Waals surface area contributed by atoms with Crippen molar-refractivity contribution in [2.45, 2.75) is 11.1 Å². The van der Waals surface area contributed by atoms with E-state index in [9.17, 15) is 9.90 Å². The fourth-order valence-corrected chi connectivity index (χ4v) is 5.73. The first-order valence-corrected chi connectivity index (χ1v) is 12.6. The maximum atomic E-state index is 14.9. The Morgan fingerprint density at radius 1 is 0.632 bits per heavy atom. The van der Waals surface area contributed by atoms with Crippen LogP contribution in [0.3, 0.4) is 0 Å². The first-order valence-electron chi connectivity index (χ1n) is 12.6. The fourth-order valence-electron chi connectivity index (χ4n) is 5.73. The highest BCUT2D eigenvalue weighted by atomic mass is 16.5. The monoisotopic (exact) mass is 497 g/mol. The van der Waals surface area contributed by atoms with Crippen molar-refractivity contribution in [1.82, 2.24) is 0 Å². The number of anilines is 1. The smallest absolute Gasteiger partial charge is 0.269 e. The standard InChI is InChI=1S/C34H27NO3/c1-38-29-23-21-28(22-24-29)34(37)30-19-11-12-20-31(30)35(32(34)36)33(25-13-5-2-6-14-25,26-15-7-3-8-16-26)27-17-9-4-10-18-27/h2-24,37H,1H3. The number of amides is 1. The number of rotatable bonds is 6. The van der Waals surface area contributed by atoms with E-state index in [2.05, 4.69) is 0 Å². The van der Waals surface area contributed by atoms with Gasteiger partial charge in [0.05, 0.1) is 12.8 Å². The summed E-state index contributed by atoms with van der Waals surface area (Å²) in [5.74, 6) is 0.237. The molecule has 1 aliphatic rings. The normalized spacial score (nSPS) is 16.8. The number of hydrogen-bond donors (Lipinski definition) is 1. The molecule has 0 fully saturated rings. The summed E-state index contributed by atoms with van der Waals surface area (Å²) in [6.45, 7) is 0. The number of carbonyl (C=O) groups is 1. The van der Waals surface area contributed by atoms with Gasteiger partial charge in [-0.2, -0.15) is 0 Å². The Morgan fingerprint density at radius 2 is 1.08 bits per heavy atom. The molecule has 0 saturated heterocycles. The second kappa shape index (κ2) is 9.33. The number of para-hydroxylation sites is 1. The summed E-state index contributed by atoms with van der Waals surface area (Å²) in [5, 5.41) is 12.4. The molecule has 0 bridgehead atoms. The summed E-state index contributed by atoms with van der Waals surface area (Å²) in [4.78, 5) is 16.6. The average Bonchev–Trinajstić information content (AvgIpc) is 3.23. The van der Waals surface area contributed by atoms with Gasteiger partial charge >= 0.3 is 0 Å². The van der Waals surface area contributed by atoms with Crippen molar-refractivity contribution >= 4 is 11.6 Å². The zero-order valence-corrected chi connectivity index (χ0v) is 21.0. The van der Waals surface area contributed by atoms with Crippen molar-refractivity contribution in [1.29, 1.82) is 0 Å². The van der Waals surface area contributed by atoms with E-state index in [0.717, 1.165) is 16.7 Å². The third-order valence-electron chi connectivity index (χ3n) is 7.47. The molecule has 1 aliphatic heterocycles. The largest absolute Gasteiger partial charge is 0.497 e. The SMILES string of the molecule is COc1ccc(C2(O)C(=O)N(C(c3ccccc3)(c3ccccc3)c3ccccc3)c3ccccc32)cc1. The van der Waals surface area contributed by atoms with E-state index in [1.165, 1.54) is 0 Å². The number of ether oxygens (including phenoxy) is 1. The van der Waals surface area contributed by atoms with E-state index in [-0.39, 0.29) is 0 Å². The van der Waals surface area contributed by atoms with Crippen LogP contribution in [0.25, 0.3) is 0 Å². The van der Waals surface area contributed by atoms with Gasteiger partial charge in [-0.1, -0.05) is 121 Å². The summed E-state index contributed by atoms with van der Waals surface area (Å²) < 4.78 is 5.33. The summed E-state index contributed by atoms with van der Waals surface area (Å²) in [5.41, 5.74) is 1.51. The molecule has 0 aromatic heterocycles. The lowest BCUT2D eigenvalue weighted by atomic mass is 9.75. The van der Waals surface area contributed by atoms with Crippen LogP contribution < -0.4 is 9.64 Å². The van der Waals surface area contributed by atoms with Gasteiger partial charge in [-0.3, -0.25) is 9.69 Å². The average molecular weight is 498 g/mol. The van der Waals surface area contributed by atoms with Gasteiger partial charge in [0.1, 0.15) is 11.3 Å². The number of carbonyl (C=O) groups excluding carboxylic acids is 1. The maximum absolute atomic E-state index is 14.9. The Morgan fingerprint density at radius 3 is 1.55 bits per heavy atom. The Balaban J connectivity index is 1.70. The highest BCUT2D eigenvalue weighted by molar-refractivity contribution is 6.11. The minimum atomic E-state index is -1.88. The minimum Gasteiger partial charge on any atom is -0.497 e. The molecule has 0 aliphatic carbocycles. The van der Waals surface area contributed by atoms with Gasteiger partial charge in [0.15, 0.2) is 5.60 Å². The molecule has 4 heteroatoms. The lowest BCUT2D eigenvalue weighted by Crippen LogP contribution is -2.53. The molecule has 0 radical (unpaired) electrons. The zero-order valence-electron chi connectivity index (χ0n) is 21.0. The molecule has 5 aromatic rings. The molecular weight excluding hydrogens is 470 g/mol. The maximum Gasteiger partial charge on any atom is 0.269 e. The van der Waals surface area contributed by atoms with Crippen LogP contribution >= 0.6 is 0 Å². The highest BCUT2D eigenvalue weighted by Crippen LogP contribution is 2.53. The van der Waals surface area contributed by atoms with Crippen LogP contribution in [0, 0.1) is 0 Å². The van der Waals surface area contributed by atoms with Gasteiger partial charge in [-0.05, 0) is 40.5 Å². The first-order chi connectivity index (χ1) is 18.6. The molecule has 1 unspecified atom stereocenters. The van der Waals surface area contributed by atoms with E-state index < -0.39 is 17.0 Å². The van der Waals surface area contributed by atoms with E-state index in [1.54, 1.807) is 36.3 Å². The number of methoxy groups -OCH3 is 1. The van der Waals surface area contributed by atoms with Crippen LogP contribution in [0.4, 0.5) is 5.69 Å². The van der Waals surface area contributed by atoms with Crippen molar-refractivity contribution in [2.75, 3.05) is 12.0 Å². The van der Waals surface area contributed by atoms with E-state index in [1.807, 2.05) is 115 Å². The number of aliphatic hydroxyl groups is 1. The molecule has 6 rings (SSSR count). The fraction of sp³-hybridized carbons (Fsp3) is 0.0882. The number of nitrogens with zero attached hydrogens (tertiary/aromatic N) is 1. The van der Waals surface area contributed by atoms with Gasteiger partial charge in [0, 0.05) is 5.56 Å². The van der Waals surface area contributed by atoms with Crippen LogP contribution in [0.2, 0.25) is 0 Å². The van der Waals surface area contributed by atoms with Crippen molar-refractivity contribution in [2.24, 2.45) is 0 Å². The molecule has 1 heterocycles. The summed E-state index contributed by atoms with van der Waals surface area (Å²) in [6, 6.07) is 44.6. The Kier molecular flexibility index (Phi) is 5.82. The predicted molar refractivity (Wildman–Crippen MR) is 149 cm³/mol. The molecule has 1 atom stereocenters. The molecule has 0 spiro atoms. The third kappa shape index (κ3) is 3.38. The molecule has 38 heavy (non-hydrogen) atoms. The number of hydrogen-bond acceptors (Lipinski definition) is 3. The lowest BCUT2D eigenvalue weighted by molar-refractivity contribution is -0.133. The number of fused-ring (bicyclic) bond motifs is 1. The molecule has 4 nitrogen and oxygen atoms in total. The topological polar surface area (TPSA) is 49.8 Å². The van der Waals surface area contributed by atoms with Crippen LogP contribution in [-0.4, -0.2) is 18.1 Å². The quantitative estimate of drug-likeness (QED) is 0.281. The van der Waals surface area contributed by atoms with Gasteiger partial charge in [0.25, 0.3) is 5.91 Å². The van der Waals surface area contributed by atoms with Gasteiger partial charge in [-0.15, -0.1) is 0 Å². The summed E-state index contributed by atoms with van der Waals surface area (Å²) >= 11 is 0. The van der Waals surface area contributed by atoms with Crippen LogP contribution in [0.15, 0.2) is 140 Å². The van der Waals surface area contributed by atoms with Gasteiger partial charge in [-0.25, -0.2) is 0 Å². The third-order valence-corrected chi connectivity index (χ3v) is 7.47. The van der Waals surface area contributed by atoms with Crippen LogP contribution in [-0.2, 0) is 15.9 Å². The molecule has 1 N–H and O–H groups in total. The van der Waals surface area contributed by atoms with E-state index in [4.69, 9.17) is 4.74 Å². The molecule has 186 valence electrons. The highest BCUT2D eigenvalue weighted by Gasteiger charge is 2.58. The van der Waals surface area contributed by atoms with Crippen molar-refractivity contribution < 1.29 is 14.6 Å². The van der Waals surface area contributed by atoms with E-state index >= 15 is 0 Å². The van der Waals surface area contributed by atoms with Gasteiger partial charge < -0.3 is 9.84 Å². The van der Waals surface area contributed by atoms with Crippen LogP contribution in [0.5, 0.6) is 5.75 Å². The first kappa shape index (κ1) is 23.7. The summed E-state index contributed by atoms with van der Waals surface area (Å²) in [6.07, 6.45) is 0. The second-order valence-corrected chi connectivity index (χ2v) is 9.41. The molecule has 0 saturated carbocycles. The van der Waals surface area contributed by atoms with Crippen LogP contribution in [0.1, 0.15) is 27.8 Å². The molecular formula is C34H27NO3. The van der Waals surface area contributed by atoms with Gasteiger partial charge in [0.2, 0.25) is 0 Å². The molecule has 5 aromatic carbocycles. The second-order valence-electron chi connectivity index (χ2n) is 9.41. The van der Waals surface area contributed by atoms with Crippen molar-refractivity contribution in [3.05, 3.63) is 167 Å². The number of benzene rings is 5. The Labute approximate surface area is 222 Å². The minimum absolute atomic E-state index is 0.416. The van der Waals surface area contributed by atoms with E-state index in [0.29, 0.717) is 22.6 Å². The predicted octanol–water partition coefficient (Wildman–Crippen LogP) is 6.27. The molecule has 1 amide bonds.